The molecular formula is C13H13N3O2. The third-order valence-corrected chi connectivity index (χ3v) is 3.21. The van der Waals surface area contributed by atoms with Crippen molar-refractivity contribution in [3.63, 3.8) is 0 Å². The Hall–Kier alpha value is -2.17. The number of aromatic nitrogens is 3. The first-order valence-corrected chi connectivity index (χ1v) is 5.83. The maximum atomic E-state index is 12.1. The summed E-state index contributed by atoms with van der Waals surface area (Å²) in [6.45, 7) is 1.89. The molecule has 0 spiro atoms. The van der Waals surface area contributed by atoms with Gasteiger partial charge in [-0.3, -0.25) is 9.36 Å². The Morgan fingerprint density at radius 3 is 2.89 bits per heavy atom. The Balaban J connectivity index is 2.28. The minimum absolute atomic E-state index is 0.119. The normalized spacial score (nSPS) is 13.8. The van der Waals surface area contributed by atoms with Crippen LogP contribution in [0.15, 0.2) is 18.2 Å². The highest BCUT2D eigenvalue weighted by atomic mass is 16.5. The lowest BCUT2D eigenvalue weighted by Gasteiger charge is -2.10. The van der Waals surface area contributed by atoms with Crippen LogP contribution in [-0.4, -0.2) is 27.7 Å². The third kappa shape index (κ3) is 1.51. The average molecular weight is 243 g/mol. The van der Waals surface area contributed by atoms with Gasteiger partial charge in [-0.1, -0.05) is 0 Å². The van der Waals surface area contributed by atoms with Gasteiger partial charge in [0.1, 0.15) is 17.4 Å². The standard InChI is InChI=1S/C13H13N3O2/c1-8-14-15-13-6-5-12(17)10-7-9(18-2)3-4-11(10)16(8)13/h3-4,7H,5-6H2,1-2H3. The molecule has 18 heavy (non-hydrogen) atoms. The molecule has 0 radical (unpaired) electrons. The number of rotatable bonds is 1. The summed E-state index contributed by atoms with van der Waals surface area (Å²) < 4.78 is 7.12. The number of carbonyl (C=O) groups is 1. The molecule has 0 atom stereocenters. The van der Waals surface area contributed by atoms with Crippen LogP contribution in [-0.2, 0) is 6.42 Å². The zero-order valence-electron chi connectivity index (χ0n) is 10.3. The maximum absolute atomic E-state index is 12.1. The Bertz CT molecular complexity index is 631. The van der Waals surface area contributed by atoms with Crippen LogP contribution >= 0.6 is 0 Å². The second-order valence-corrected chi connectivity index (χ2v) is 4.31. The number of ether oxygens (including phenoxy) is 1. The minimum Gasteiger partial charge on any atom is -0.497 e. The van der Waals surface area contributed by atoms with Gasteiger partial charge in [-0.15, -0.1) is 10.2 Å². The van der Waals surface area contributed by atoms with E-state index in [9.17, 15) is 4.79 Å². The number of aryl methyl sites for hydroxylation is 2. The highest BCUT2D eigenvalue weighted by molar-refractivity contribution is 6.00. The van der Waals surface area contributed by atoms with E-state index in [-0.39, 0.29) is 5.78 Å². The lowest BCUT2D eigenvalue weighted by atomic mass is 10.1. The molecular weight excluding hydrogens is 230 g/mol. The molecule has 0 amide bonds. The molecule has 1 aliphatic rings. The van der Waals surface area contributed by atoms with Crippen molar-refractivity contribution in [3.05, 3.63) is 35.4 Å². The van der Waals surface area contributed by atoms with E-state index in [0.717, 1.165) is 17.3 Å². The van der Waals surface area contributed by atoms with Gasteiger partial charge in [-0.2, -0.15) is 0 Å². The monoisotopic (exact) mass is 243 g/mol. The summed E-state index contributed by atoms with van der Waals surface area (Å²) in [5.74, 6) is 2.45. The molecule has 0 aliphatic carbocycles. The molecule has 1 aromatic carbocycles. The van der Waals surface area contributed by atoms with Crippen LogP contribution in [0, 0.1) is 6.92 Å². The summed E-state index contributed by atoms with van der Waals surface area (Å²) in [5.41, 5.74) is 1.52. The largest absolute Gasteiger partial charge is 0.497 e. The molecule has 0 unspecified atom stereocenters. The zero-order valence-corrected chi connectivity index (χ0v) is 10.3. The zero-order chi connectivity index (χ0) is 12.7. The lowest BCUT2D eigenvalue weighted by molar-refractivity contribution is 0.0984. The van der Waals surface area contributed by atoms with Gasteiger partial charge in [0.15, 0.2) is 5.78 Å². The van der Waals surface area contributed by atoms with Crippen LogP contribution < -0.4 is 4.74 Å². The van der Waals surface area contributed by atoms with Gasteiger partial charge in [0.2, 0.25) is 0 Å². The molecule has 1 aliphatic heterocycles. The molecule has 1 aromatic heterocycles. The van der Waals surface area contributed by atoms with Gasteiger partial charge in [-0.25, -0.2) is 0 Å². The highest BCUT2D eigenvalue weighted by Gasteiger charge is 2.23. The Labute approximate surface area is 104 Å². The van der Waals surface area contributed by atoms with Crippen molar-refractivity contribution in [3.8, 4) is 11.4 Å². The molecule has 0 saturated heterocycles. The molecule has 2 aromatic rings. The topological polar surface area (TPSA) is 57.0 Å². The van der Waals surface area contributed by atoms with E-state index in [4.69, 9.17) is 4.74 Å². The Kier molecular flexibility index (Phi) is 2.40. The van der Waals surface area contributed by atoms with Crippen molar-refractivity contribution in [2.75, 3.05) is 7.11 Å². The smallest absolute Gasteiger partial charge is 0.165 e. The fourth-order valence-electron chi connectivity index (χ4n) is 2.30. The Morgan fingerprint density at radius 1 is 1.28 bits per heavy atom. The first kappa shape index (κ1) is 11.0. The fourth-order valence-corrected chi connectivity index (χ4v) is 2.30. The van der Waals surface area contributed by atoms with Gasteiger partial charge in [0, 0.05) is 18.4 Å². The van der Waals surface area contributed by atoms with Crippen LogP contribution in [0.4, 0.5) is 0 Å². The van der Waals surface area contributed by atoms with E-state index in [1.165, 1.54) is 0 Å². The van der Waals surface area contributed by atoms with Crippen LogP contribution in [0.3, 0.4) is 0 Å². The number of hydrogen-bond acceptors (Lipinski definition) is 4. The molecule has 5 nitrogen and oxygen atoms in total. The summed E-state index contributed by atoms with van der Waals surface area (Å²) in [5, 5.41) is 8.20. The van der Waals surface area contributed by atoms with Crippen LogP contribution in [0.5, 0.6) is 5.75 Å². The van der Waals surface area contributed by atoms with Crippen LogP contribution in [0.2, 0.25) is 0 Å². The summed E-state index contributed by atoms with van der Waals surface area (Å²) in [4.78, 5) is 12.1. The number of Topliss-reactive ketones (excluding diaryl/α,β-unsaturated/α-hetero) is 1. The van der Waals surface area contributed by atoms with E-state index < -0.39 is 0 Å². The number of benzene rings is 1. The molecule has 0 saturated carbocycles. The van der Waals surface area contributed by atoms with Crippen LogP contribution in [0.25, 0.3) is 5.69 Å². The van der Waals surface area contributed by atoms with Crippen molar-refractivity contribution in [2.24, 2.45) is 0 Å². The number of carbonyl (C=O) groups excluding carboxylic acids is 1. The molecule has 3 rings (SSSR count). The quantitative estimate of drug-likeness (QED) is 0.765. The summed E-state index contributed by atoms with van der Waals surface area (Å²) in [6.07, 6.45) is 1.08. The number of fused-ring (bicyclic) bond motifs is 3. The number of hydrogen-bond donors (Lipinski definition) is 0. The Morgan fingerprint density at radius 2 is 2.11 bits per heavy atom. The van der Waals surface area contributed by atoms with Gasteiger partial charge < -0.3 is 4.74 Å². The van der Waals surface area contributed by atoms with Gasteiger partial charge >= 0.3 is 0 Å². The van der Waals surface area contributed by atoms with E-state index in [2.05, 4.69) is 10.2 Å². The van der Waals surface area contributed by atoms with E-state index in [1.54, 1.807) is 13.2 Å². The van der Waals surface area contributed by atoms with Gasteiger partial charge in [-0.05, 0) is 25.1 Å². The molecule has 5 heteroatoms. The molecule has 2 heterocycles. The molecule has 0 fully saturated rings. The fraction of sp³-hybridized carbons (Fsp3) is 0.308. The third-order valence-electron chi connectivity index (χ3n) is 3.21. The number of ketones is 1. The van der Waals surface area contributed by atoms with Crippen LogP contribution in [0.1, 0.15) is 28.4 Å². The second kappa shape index (κ2) is 3.94. The molecule has 0 N–H and O–H groups in total. The predicted octanol–water partition coefficient (Wildman–Crippen LogP) is 1.71. The van der Waals surface area contributed by atoms with Crippen molar-refractivity contribution < 1.29 is 9.53 Å². The lowest BCUT2D eigenvalue weighted by Crippen LogP contribution is -2.04. The van der Waals surface area contributed by atoms with Crippen molar-refractivity contribution in [1.29, 1.82) is 0 Å². The van der Waals surface area contributed by atoms with E-state index in [1.807, 2.05) is 23.6 Å². The van der Waals surface area contributed by atoms with E-state index >= 15 is 0 Å². The summed E-state index contributed by atoms with van der Waals surface area (Å²) in [6, 6.07) is 5.52. The van der Waals surface area contributed by atoms with Crippen molar-refractivity contribution >= 4 is 5.78 Å². The molecule has 92 valence electrons. The average Bonchev–Trinajstić information content (AvgIpc) is 2.69. The highest BCUT2D eigenvalue weighted by Crippen LogP contribution is 2.27. The number of nitrogens with zero attached hydrogens (tertiary/aromatic N) is 3. The maximum Gasteiger partial charge on any atom is 0.165 e. The van der Waals surface area contributed by atoms with Crippen molar-refractivity contribution in [1.82, 2.24) is 14.8 Å². The first-order chi connectivity index (χ1) is 8.70. The summed E-state index contributed by atoms with van der Waals surface area (Å²) >= 11 is 0. The van der Waals surface area contributed by atoms with Crippen molar-refractivity contribution in [2.45, 2.75) is 19.8 Å². The minimum atomic E-state index is 0.119. The summed E-state index contributed by atoms with van der Waals surface area (Å²) in [7, 11) is 1.60. The predicted molar refractivity (Wildman–Crippen MR) is 65.3 cm³/mol. The first-order valence-electron chi connectivity index (χ1n) is 5.83. The molecule has 0 bridgehead atoms. The van der Waals surface area contributed by atoms with E-state index in [0.29, 0.717) is 24.2 Å². The second-order valence-electron chi connectivity index (χ2n) is 4.31. The SMILES string of the molecule is COc1ccc2c(c1)C(=O)CCc1nnc(C)n1-2. The van der Waals surface area contributed by atoms with Gasteiger partial charge in [0.05, 0.1) is 12.8 Å². The number of methoxy groups -OCH3 is 1. The van der Waals surface area contributed by atoms with Gasteiger partial charge in [0.25, 0.3) is 0 Å².